The number of rotatable bonds is 3. The van der Waals surface area contributed by atoms with Crippen molar-refractivity contribution in [1.82, 2.24) is 9.78 Å². The van der Waals surface area contributed by atoms with Crippen molar-refractivity contribution in [3.63, 3.8) is 0 Å². The predicted octanol–water partition coefficient (Wildman–Crippen LogP) is 3.76. The molecule has 2 unspecified atom stereocenters. The van der Waals surface area contributed by atoms with E-state index in [9.17, 15) is 5.11 Å². The molecule has 3 fully saturated rings. The Labute approximate surface area is 170 Å². The van der Waals surface area contributed by atoms with Crippen LogP contribution < -0.4 is 4.90 Å². The van der Waals surface area contributed by atoms with Crippen LogP contribution in [0.5, 0.6) is 0 Å². The molecule has 0 aliphatic carbocycles. The van der Waals surface area contributed by atoms with Gasteiger partial charge >= 0.3 is 0 Å². The number of ether oxygens (including phenoxy) is 2. The van der Waals surface area contributed by atoms with Crippen LogP contribution in [0.25, 0.3) is 10.9 Å². The SMILES string of the molecule is OC1(C2CCOC2)CCN(c2cc3c(cnn3C3CCCCO3)cc2Cl)CC1. The maximum atomic E-state index is 11.1. The van der Waals surface area contributed by atoms with E-state index in [2.05, 4.69) is 16.1 Å². The summed E-state index contributed by atoms with van der Waals surface area (Å²) in [6, 6.07) is 4.15. The summed E-state index contributed by atoms with van der Waals surface area (Å²) in [7, 11) is 0. The summed E-state index contributed by atoms with van der Waals surface area (Å²) in [5.41, 5.74) is 1.48. The van der Waals surface area contributed by atoms with Gasteiger partial charge in [-0.3, -0.25) is 0 Å². The minimum atomic E-state index is -0.610. The quantitative estimate of drug-likeness (QED) is 0.842. The lowest BCUT2D eigenvalue weighted by Crippen LogP contribution is -2.49. The van der Waals surface area contributed by atoms with Gasteiger partial charge in [0.1, 0.15) is 0 Å². The van der Waals surface area contributed by atoms with Gasteiger partial charge in [0.25, 0.3) is 0 Å². The Morgan fingerprint density at radius 3 is 2.71 bits per heavy atom. The van der Waals surface area contributed by atoms with Gasteiger partial charge in [-0.05, 0) is 50.7 Å². The molecule has 2 aromatic rings. The highest BCUT2D eigenvalue weighted by atomic mass is 35.5. The summed E-state index contributed by atoms with van der Waals surface area (Å²) in [6.07, 6.45) is 7.63. The van der Waals surface area contributed by atoms with Gasteiger partial charge in [0.2, 0.25) is 0 Å². The van der Waals surface area contributed by atoms with Gasteiger partial charge in [-0.1, -0.05) is 11.6 Å². The molecule has 3 aliphatic rings. The van der Waals surface area contributed by atoms with Gasteiger partial charge in [0.05, 0.1) is 34.6 Å². The Kier molecular flexibility index (Phi) is 4.99. The highest BCUT2D eigenvalue weighted by Gasteiger charge is 2.41. The molecule has 0 bridgehead atoms. The predicted molar refractivity (Wildman–Crippen MR) is 109 cm³/mol. The van der Waals surface area contributed by atoms with E-state index in [0.717, 1.165) is 80.0 Å². The summed E-state index contributed by atoms with van der Waals surface area (Å²) in [4.78, 5) is 2.30. The van der Waals surface area contributed by atoms with Gasteiger partial charge < -0.3 is 19.5 Å². The number of halogens is 1. The minimum Gasteiger partial charge on any atom is -0.389 e. The minimum absolute atomic E-state index is 0.00842. The first-order valence-corrected chi connectivity index (χ1v) is 10.9. The molecule has 1 aromatic carbocycles. The molecule has 152 valence electrons. The molecule has 0 saturated carbocycles. The van der Waals surface area contributed by atoms with Crippen LogP contribution in [0.1, 0.15) is 44.8 Å². The highest BCUT2D eigenvalue weighted by Crippen LogP contribution is 2.39. The molecule has 3 saturated heterocycles. The van der Waals surface area contributed by atoms with E-state index < -0.39 is 5.60 Å². The molecular formula is C21H28ClN3O3. The first kappa shape index (κ1) is 18.7. The highest BCUT2D eigenvalue weighted by molar-refractivity contribution is 6.34. The van der Waals surface area contributed by atoms with Crippen LogP contribution in [0.3, 0.4) is 0 Å². The number of anilines is 1. The first-order valence-electron chi connectivity index (χ1n) is 10.5. The molecule has 4 heterocycles. The Morgan fingerprint density at radius 1 is 1.14 bits per heavy atom. The van der Waals surface area contributed by atoms with E-state index >= 15 is 0 Å². The normalized spacial score (nSPS) is 28.1. The van der Waals surface area contributed by atoms with Crippen molar-refractivity contribution in [2.75, 3.05) is 37.8 Å². The van der Waals surface area contributed by atoms with Gasteiger partial charge in [0.15, 0.2) is 6.23 Å². The number of aliphatic hydroxyl groups is 1. The standard InChI is InChI=1S/C21H28ClN3O3/c22-17-11-15-13-23-25(20-3-1-2-9-28-20)18(15)12-19(17)24-7-5-21(26,6-8-24)16-4-10-27-14-16/h11-13,16,20,26H,1-10,14H2. The molecule has 0 spiro atoms. The van der Waals surface area contributed by atoms with Crippen molar-refractivity contribution in [2.24, 2.45) is 5.92 Å². The zero-order valence-corrected chi connectivity index (χ0v) is 16.9. The molecule has 1 aromatic heterocycles. The van der Waals surface area contributed by atoms with E-state index in [0.29, 0.717) is 6.61 Å². The summed E-state index contributed by atoms with van der Waals surface area (Å²) < 4.78 is 13.4. The topological polar surface area (TPSA) is 59.8 Å². The van der Waals surface area contributed by atoms with E-state index in [1.54, 1.807) is 0 Å². The maximum absolute atomic E-state index is 11.1. The molecule has 0 radical (unpaired) electrons. The molecule has 6 nitrogen and oxygen atoms in total. The average Bonchev–Trinajstić information content (AvgIpc) is 3.39. The van der Waals surface area contributed by atoms with Crippen molar-refractivity contribution in [3.8, 4) is 0 Å². The third-order valence-corrected chi connectivity index (χ3v) is 7.05. The average molecular weight is 406 g/mol. The Bertz CT molecular complexity index is 835. The smallest absolute Gasteiger partial charge is 0.150 e. The number of benzene rings is 1. The number of fused-ring (bicyclic) bond motifs is 1. The molecule has 5 rings (SSSR count). The number of aromatic nitrogens is 2. The van der Waals surface area contributed by atoms with Crippen molar-refractivity contribution in [1.29, 1.82) is 0 Å². The zero-order valence-electron chi connectivity index (χ0n) is 16.1. The third-order valence-electron chi connectivity index (χ3n) is 6.75. The zero-order chi connectivity index (χ0) is 19.1. The van der Waals surface area contributed by atoms with Crippen LogP contribution in [-0.2, 0) is 9.47 Å². The second kappa shape index (κ2) is 7.48. The van der Waals surface area contributed by atoms with Crippen LogP contribution in [0, 0.1) is 5.92 Å². The van der Waals surface area contributed by atoms with Gasteiger partial charge in [-0.15, -0.1) is 0 Å². The summed E-state index contributed by atoms with van der Waals surface area (Å²) in [5, 5.41) is 17.5. The van der Waals surface area contributed by atoms with Crippen molar-refractivity contribution < 1.29 is 14.6 Å². The summed E-state index contributed by atoms with van der Waals surface area (Å²) in [5.74, 6) is 0.262. The lowest BCUT2D eigenvalue weighted by molar-refractivity contribution is -0.0410. The number of hydrogen-bond donors (Lipinski definition) is 1. The van der Waals surface area contributed by atoms with Crippen LogP contribution in [-0.4, -0.2) is 53.4 Å². The molecular weight excluding hydrogens is 378 g/mol. The molecule has 28 heavy (non-hydrogen) atoms. The largest absolute Gasteiger partial charge is 0.389 e. The van der Waals surface area contributed by atoms with Crippen LogP contribution >= 0.6 is 11.6 Å². The maximum Gasteiger partial charge on any atom is 0.150 e. The van der Waals surface area contributed by atoms with Gasteiger partial charge in [-0.2, -0.15) is 5.10 Å². The number of piperidine rings is 1. The summed E-state index contributed by atoms with van der Waals surface area (Å²) in [6.45, 7) is 3.84. The van der Waals surface area contributed by atoms with Crippen molar-refractivity contribution >= 4 is 28.2 Å². The van der Waals surface area contributed by atoms with Crippen LogP contribution in [0.2, 0.25) is 5.02 Å². The lowest BCUT2D eigenvalue weighted by Gasteiger charge is -2.42. The molecule has 3 aliphatic heterocycles. The first-order chi connectivity index (χ1) is 13.6. The fourth-order valence-electron chi connectivity index (χ4n) is 4.94. The second-order valence-corrected chi connectivity index (χ2v) is 8.83. The Hall–Kier alpha value is -1.34. The fourth-order valence-corrected chi connectivity index (χ4v) is 5.24. The van der Waals surface area contributed by atoms with Gasteiger partial charge in [0, 0.05) is 37.6 Å². The van der Waals surface area contributed by atoms with E-state index in [1.165, 1.54) is 6.42 Å². The molecule has 7 heteroatoms. The molecule has 2 atom stereocenters. The fraction of sp³-hybridized carbons (Fsp3) is 0.667. The molecule has 0 amide bonds. The van der Waals surface area contributed by atoms with E-state index in [4.69, 9.17) is 21.1 Å². The van der Waals surface area contributed by atoms with Crippen molar-refractivity contribution in [3.05, 3.63) is 23.4 Å². The molecule has 1 N–H and O–H groups in total. The third kappa shape index (κ3) is 3.30. The van der Waals surface area contributed by atoms with E-state index in [-0.39, 0.29) is 12.1 Å². The number of nitrogens with zero attached hydrogens (tertiary/aromatic N) is 3. The summed E-state index contributed by atoms with van der Waals surface area (Å²) >= 11 is 6.64. The monoisotopic (exact) mass is 405 g/mol. The van der Waals surface area contributed by atoms with Gasteiger partial charge in [-0.25, -0.2) is 4.68 Å². The second-order valence-electron chi connectivity index (χ2n) is 8.42. The van der Waals surface area contributed by atoms with Crippen LogP contribution in [0.4, 0.5) is 5.69 Å². The Balaban J connectivity index is 1.39. The lowest BCUT2D eigenvalue weighted by atomic mass is 9.79. The number of hydrogen-bond acceptors (Lipinski definition) is 5. The van der Waals surface area contributed by atoms with Crippen LogP contribution in [0.15, 0.2) is 18.3 Å². The Morgan fingerprint density at radius 2 is 2.00 bits per heavy atom. The van der Waals surface area contributed by atoms with E-state index in [1.807, 2.05) is 16.9 Å². The van der Waals surface area contributed by atoms with Crippen molar-refractivity contribution in [2.45, 2.75) is 50.4 Å².